The Hall–Kier alpha value is -1.22. The van der Waals surface area contributed by atoms with Gasteiger partial charge in [0.2, 0.25) is 0 Å². The second kappa shape index (κ2) is 4.47. The molecule has 1 aliphatic heterocycles. The van der Waals surface area contributed by atoms with E-state index in [1.54, 1.807) is 6.07 Å². The van der Waals surface area contributed by atoms with Crippen molar-refractivity contribution in [2.75, 3.05) is 6.54 Å². The summed E-state index contributed by atoms with van der Waals surface area (Å²) in [5, 5.41) is 23.3. The summed E-state index contributed by atoms with van der Waals surface area (Å²) in [4.78, 5) is 0. The van der Waals surface area contributed by atoms with Gasteiger partial charge in [-0.15, -0.1) is 0 Å². The van der Waals surface area contributed by atoms with Crippen LogP contribution in [0.25, 0.3) is 0 Å². The normalized spacial score (nSPS) is 29.9. The fraction of sp³-hybridized carbons (Fsp3) is 0.600. The van der Waals surface area contributed by atoms with E-state index in [1.165, 1.54) is 18.4 Å². The van der Waals surface area contributed by atoms with Gasteiger partial charge in [0.05, 0.1) is 0 Å². The molecule has 3 rings (SSSR count). The topological polar surface area (TPSA) is 52.5 Å². The highest BCUT2D eigenvalue weighted by Gasteiger charge is 2.40. The third kappa shape index (κ3) is 1.69. The molecule has 3 N–H and O–H groups in total. The molecule has 1 aromatic rings. The van der Waals surface area contributed by atoms with Crippen LogP contribution >= 0.6 is 0 Å². The maximum absolute atomic E-state index is 10.0. The molecule has 3 nitrogen and oxygen atoms in total. The molecule has 3 unspecified atom stereocenters. The highest BCUT2D eigenvalue weighted by atomic mass is 16.3. The number of phenolic OH excluding ortho intramolecular Hbond substituents is 2. The van der Waals surface area contributed by atoms with E-state index in [4.69, 9.17) is 0 Å². The third-order valence-corrected chi connectivity index (χ3v) is 4.61. The lowest BCUT2D eigenvalue weighted by Crippen LogP contribution is -2.30. The summed E-state index contributed by atoms with van der Waals surface area (Å²) in [6.07, 6.45) is 4.36. The molecule has 18 heavy (non-hydrogen) atoms. The molecule has 0 spiro atoms. The smallest absolute Gasteiger partial charge is 0.160 e. The Morgan fingerprint density at radius 1 is 1.33 bits per heavy atom. The third-order valence-electron chi connectivity index (χ3n) is 4.61. The molecule has 3 atom stereocenters. The molecule has 1 aliphatic carbocycles. The Kier molecular flexibility index (Phi) is 2.94. The first-order valence-corrected chi connectivity index (χ1v) is 6.99. The molecule has 0 aromatic heterocycles. The second-order valence-electron chi connectivity index (χ2n) is 5.63. The minimum atomic E-state index is 0.0187. The molecule has 3 heteroatoms. The Balaban J connectivity index is 2.01. The van der Waals surface area contributed by atoms with Crippen molar-refractivity contribution in [1.29, 1.82) is 0 Å². The van der Waals surface area contributed by atoms with Gasteiger partial charge < -0.3 is 15.5 Å². The van der Waals surface area contributed by atoms with Gasteiger partial charge in [-0.3, -0.25) is 0 Å². The van der Waals surface area contributed by atoms with E-state index < -0.39 is 0 Å². The number of hydrogen-bond donors (Lipinski definition) is 3. The predicted molar refractivity (Wildman–Crippen MR) is 71.0 cm³/mol. The highest BCUT2D eigenvalue weighted by Crippen LogP contribution is 2.46. The van der Waals surface area contributed by atoms with E-state index in [1.807, 2.05) is 6.07 Å². The van der Waals surface area contributed by atoms with Crippen LogP contribution in [0.15, 0.2) is 12.1 Å². The number of phenols is 2. The largest absolute Gasteiger partial charge is 0.504 e. The summed E-state index contributed by atoms with van der Waals surface area (Å²) in [6, 6.07) is 4.20. The summed E-state index contributed by atoms with van der Waals surface area (Å²) in [7, 11) is 0. The molecule has 0 saturated carbocycles. The standard InChI is InChI=1S/C15H21NO2/c1-2-3-9-8-16-12-6-4-11-10(14(9)12)5-7-13(17)15(11)18/h5,7,9,12,14,16-18H,2-4,6,8H2,1H3. The zero-order chi connectivity index (χ0) is 12.7. The molecule has 1 fully saturated rings. The van der Waals surface area contributed by atoms with Crippen molar-refractivity contribution >= 4 is 0 Å². The van der Waals surface area contributed by atoms with Gasteiger partial charge in [0.25, 0.3) is 0 Å². The number of benzene rings is 1. The van der Waals surface area contributed by atoms with E-state index >= 15 is 0 Å². The molecule has 2 aliphatic rings. The maximum atomic E-state index is 10.0. The summed E-state index contributed by atoms with van der Waals surface area (Å²) in [5.74, 6) is 1.31. The van der Waals surface area contributed by atoms with E-state index in [-0.39, 0.29) is 11.5 Å². The lowest BCUT2D eigenvalue weighted by molar-refractivity contribution is 0.374. The molecule has 1 aromatic carbocycles. The van der Waals surface area contributed by atoms with Crippen molar-refractivity contribution in [2.24, 2.45) is 5.92 Å². The van der Waals surface area contributed by atoms with Gasteiger partial charge in [0, 0.05) is 17.5 Å². The Morgan fingerprint density at radius 2 is 2.17 bits per heavy atom. The second-order valence-corrected chi connectivity index (χ2v) is 5.63. The fourth-order valence-corrected chi connectivity index (χ4v) is 3.80. The van der Waals surface area contributed by atoms with Crippen LogP contribution in [0.3, 0.4) is 0 Å². The SMILES string of the molecule is CCCC1CNC2CCc3c(ccc(O)c3O)C12. The zero-order valence-corrected chi connectivity index (χ0v) is 10.8. The lowest BCUT2D eigenvalue weighted by atomic mass is 9.74. The quantitative estimate of drug-likeness (QED) is 0.704. The van der Waals surface area contributed by atoms with Crippen LogP contribution in [-0.2, 0) is 6.42 Å². The average molecular weight is 247 g/mol. The molecule has 1 heterocycles. The molecule has 0 bridgehead atoms. The number of aromatic hydroxyl groups is 2. The van der Waals surface area contributed by atoms with Crippen molar-refractivity contribution in [2.45, 2.75) is 44.6 Å². The van der Waals surface area contributed by atoms with Crippen LogP contribution < -0.4 is 5.32 Å². The monoisotopic (exact) mass is 247 g/mol. The van der Waals surface area contributed by atoms with Crippen molar-refractivity contribution < 1.29 is 10.2 Å². The average Bonchev–Trinajstić information content (AvgIpc) is 2.78. The number of fused-ring (bicyclic) bond motifs is 3. The first kappa shape index (κ1) is 11.8. The molecule has 0 amide bonds. The lowest BCUT2D eigenvalue weighted by Gasteiger charge is -2.31. The highest BCUT2D eigenvalue weighted by molar-refractivity contribution is 5.52. The van der Waals surface area contributed by atoms with E-state index in [0.717, 1.165) is 24.9 Å². The van der Waals surface area contributed by atoms with E-state index in [0.29, 0.717) is 17.9 Å². The summed E-state index contributed by atoms with van der Waals surface area (Å²) in [5.41, 5.74) is 2.23. The number of rotatable bonds is 2. The first-order valence-electron chi connectivity index (χ1n) is 6.99. The van der Waals surface area contributed by atoms with Gasteiger partial charge in [-0.2, -0.15) is 0 Å². The first-order chi connectivity index (χ1) is 8.72. The van der Waals surface area contributed by atoms with Crippen LogP contribution in [0.4, 0.5) is 0 Å². The maximum Gasteiger partial charge on any atom is 0.160 e. The minimum Gasteiger partial charge on any atom is -0.504 e. The molecular weight excluding hydrogens is 226 g/mol. The summed E-state index contributed by atoms with van der Waals surface area (Å²) < 4.78 is 0. The Labute approximate surface area is 108 Å². The Bertz CT molecular complexity index is 458. The van der Waals surface area contributed by atoms with Crippen LogP contribution in [-0.4, -0.2) is 22.8 Å². The Morgan fingerprint density at radius 3 is 2.94 bits per heavy atom. The van der Waals surface area contributed by atoms with Crippen molar-refractivity contribution in [1.82, 2.24) is 5.32 Å². The van der Waals surface area contributed by atoms with Crippen LogP contribution in [0.5, 0.6) is 11.5 Å². The van der Waals surface area contributed by atoms with Gasteiger partial charge in [0.1, 0.15) is 0 Å². The van der Waals surface area contributed by atoms with Crippen molar-refractivity contribution in [3.8, 4) is 11.5 Å². The molecular formula is C15H21NO2. The van der Waals surface area contributed by atoms with E-state index in [2.05, 4.69) is 12.2 Å². The van der Waals surface area contributed by atoms with Gasteiger partial charge in [-0.1, -0.05) is 19.4 Å². The summed E-state index contributed by atoms with van der Waals surface area (Å²) in [6.45, 7) is 3.32. The number of nitrogens with one attached hydrogen (secondary N) is 1. The van der Waals surface area contributed by atoms with Crippen molar-refractivity contribution in [3.63, 3.8) is 0 Å². The zero-order valence-electron chi connectivity index (χ0n) is 10.8. The van der Waals surface area contributed by atoms with Crippen LogP contribution in [0, 0.1) is 5.92 Å². The van der Waals surface area contributed by atoms with Gasteiger partial charge in [-0.25, -0.2) is 0 Å². The van der Waals surface area contributed by atoms with Gasteiger partial charge in [-0.05, 0) is 43.4 Å². The fourth-order valence-electron chi connectivity index (χ4n) is 3.80. The van der Waals surface area contributed by atoms with Crippen molar-refractivity contribution in [3.05, 3.63) is 23.3 Å². The predicted octanol–water partition coefficient (Wildman–Crippen LogP) is 2.52. The van der Waals surface area contributed by atoms with Gasteiger partial charge in [0.15, 0.2) is 11.5 Å². The minimum absolute atomic E-state index is 0.0187. The number of hydrogen-bond acceptors (Lipinski definition) is 3. The van der Waals surface area contributed by atoms with Crippen LogP contribution in [0.2, 0.25) is 0 Å². The molecule has 0 radical (unpaired) electrons. The van der Waals surface area contributed by atoms with E-state index in [9.17, 15) is 10.2 Å². The van der Waals surface area contributed by atoms with Gasteiger partial charge >= 0.3 is 0 Å². The molecule has 98 valence electrons. The summed E-state index contributed by atoms with van der Waals surface area (Å²) >= 11 is 0. The molecule has 1 saturated heterocycles. The van der Waals surface area contributed by atoms with Crippen LogP contribution in [0.1, 0.15) is 43.2 Å².